The van der Waals surface area contributed by atoms with Gasteiger partial charge in [0.05, 0.1) is 18.2 Å². The summed E-state index contributed by atoms with van der Waals surface area (Å²) in [6.07, 6.45) is 1.77. The van der Waals surface area contributed by atoms with Crippen LogP contribution < -0.4 is 24.4 Å². The summed E-state index contributed by atoms with van der Waals surface area (Å²) in [5.74, 6) is 1.05. The minimum atomic E-state index is -1.00. The summed E-state index contributed by atoms with van der Waals surface area (Å²) in [5, 5.41) is 11.4. The molecule has 41 heavy (non-hydrogen) atoms. The molecule has 0 spiro atoms. The second kappa shape index (κ2) is 11.8. The Hall–Kier alpha value is -4.64. The lowest BCUT2D eigenvalue weighted by Gasteiger charge is -2.32. The largest absolute Gasteiger partial charge is 0.494 e. The van der Waals surface area contributed by atoms with Crippen LogP contribution in [0.5, 0.6) is 17.2 Å². The highest BCUT2D eigenvalue weighted by Gasteiger charge is 2.35. The predicted molar refractivity (Wildman–Crippen MR) is 150 cm³/mol. The van der Waals surface area contributed by atoms with Crippen LogP contribution in [0.3, 0.4) is 0 Å². The van der Waals surface area contributed by atoms with Crippen LogP contribution in [-0.4, -0.2) is 59.5 Å². The summed E-state index contributed by atoms with van der Waals surface area (Å²) >= 11 is 0. The summed E-state index contributed by atoms with van der Waals surface area (Å²) in [5.41, 5.74) is 2.49. The number of carbonyl (C=O) groups is 2. The van der Waals surface area contributed by atoms with Crippen molar-refractivity contribution in [3.8, 4) is 17.2 Å². The number of ether oxygens (including phenoxy) is 4. The van der Waals surface area contributed by atoms with Crippen molar-refractivity contribution in [2.75, 3.05) is 31.5 Å². The summed E-state index contributed by atoms with van der Waals surface area (Å²) in [6, 6.07) is 18.8. The first-order valence-electron chi connectivity index (χ1n) is 13.7. The molecule has 0 bridgehead atoms. The average Bonchev–Trinajstić information content (AvgIpc) is 3.77. The molecule has 0 aliphatic carbocycles. The van der Waals surface area contributed by atoms with Crippen LogP contribution >= 0.6 is 0 Å². The first-order valence-corrected chi connectivity index (χ1v) is 13.7. The molecule has 11 heteroatoms. The monoisotopic (exact) mass is 557 g/mol. The standard InChI is InChI=1S/C30H31N5O6/c1-2-38-22-12-9-20(10-13-22)29(30(37)31-17-23-6-5-15-39-23)35(21-11-14-26-27(16-21)41-19-40-26)28(36)18-34-25-8-4-3-7-24(25)32-33-34/h3-4,7-14,16,23,29H,2,5-6,15,17-19H2,1H3,(H,31,37)/t23-,29-/m1/s1. The predicted octanol–water partition coefficient (Wildman–Crippen LogP) is 3.63. The number of fused-ring (bicyclic) bond motifs is 2. The summed E-state index contributed by atoms with van der Waals surface area (Å²) in [4.78, 5) is 29.7. The van der Waals surface area contributed by atoms with Gasteiger partial charge in [-0.05, 0) is 61.7 Å². The minimum absolute atomic E-state index is 0.0591. The maximum absolute atomic E-state index is 14.2. The number of hydrogen-bond donors (Lipinski definition) is 1. The number of nitrogens with zero attached hydrogens (tertiary/aromatic N) is 4. The van der Waals surface area contributed by atoms with Gasteiger partial charge >= 0.3 is 0 Å². The number of carbonyl (C=O) groups excluding carboxylic acids is 2. The van der Waals surface area contributed by atoms with Crippen molar-refractivity contribution in [2.45, 2.75) is 38.5 Å². The van der Waals surface area contributed by atoms with Crippen molar-refractivity contribution >= 4 is 28.5 Å². The molecule has 0 radical (unpaired) electrons. The molecule has 3 heterocycles. The highest BCUT2D eigenvalue weighted by Crippen LogP contribution is 2.38. The summed E-state index contributed by atoms with van der Waals surface area (Å²) in [6.45, 7) is 3.39. The molecule has 0 unspecified atom stereocenters. The number of anilines is 1. The zero-order valence-electron chi connectivity index (χ0n) is 22.7. The number of aromatic nitrogens is 3. The van der Waals surface area contributed by atoms with Crippen LogP contribution in [0.1, 0.15) is 31.4 Å². The Kier molecular flexibility index (Phi) is 7.68. The molecular formula is C30H31N5O6. The van der Waals surface area contributed by atoms with Crippen molar-refractivity contribution in [1.29, 1.82) is 0 Å². The normalized spacial score (nSPS) is 16.5. The van der Waals surface area contributed by atoms with Crippen LogP contribution in [0.2, 0.25) is 0 Å². The maximum atomic E-state index is 14.2. The molecular weight excluding hydrogens is 526 g/mol. The fraction of sp³-hybridized carbons (Fsp3) is 0.333. The van der Waals surface area contributed by atoms with Gasteiger partial charge in [0, 0.05) is 24.9 Å². The van der Waals surface area contributed by atoms with E-state index in [1.165, 1.54) is 9.58 Å². The molecule has 0 saturated carbocycles. The van der Waals surface area contributed by atoms with Gasteiger partial charge in [-0.25, -0.2) is 4.68 Å². The molecule has 1 N–H and O–H groups in total. The van der Waals surface area contributed by atoms with E-state index in [0.717, 1.165) is 12.8 Å². The van der Waals surface area contributed by atoms with E-state index in [-0.39, 0.29) is 31.3 Å². The Morgan fingerprint density at radius 3 is 2.73 bits per heavy atom. The topological polar surface area (TPSA) is 117 Å². The molecule has 2 amide bonds. The Morgan fingerprint density at radius 2 is 1.93 bits per heavy atom. The Bertz CT molecular complexity index is 1530. The molecule has 212 valence electrons. The van der Waals surface area contributed by atoms with Gasteiger partial charge in [-0.15, -0.1) is 5.10 Å². The van der Waals surface area contributed by atoms with E-state index in [1.807, 2.05) is 31.2 Å². The van der Waals surface area contributed by atoms with Gasteiger partial charge in [-0.1, -0.05) is 29.5 Å². The number of rotatable bonds is 10. The Morgan fingerprint density at radius 1 is 1.10 bits per heavy atom. The molecule has 2 aliphatic rings. The average molecular weight is 558 g/mol. The van der Waals surface area contributed by atoms with Crippen molar-refractivity contribution in [1.82, 2.24) is 20.3 Å². The van der Waals surface area contributed by atoms with Crippen LogP contribution in [0.25, 0.3) is 11.0 Å². The third kappa shape index (κ3) is 5.66. The molecule has 1 aromatic heterocycles. The highest BCUT2D eigenvalue weighted by molar-refractivity contribution is 6.01. The van der Waals surface area contributed by atoms with Crippen LogP contribution in [-0.2, 0) is 20.9 Å². The lowest BCUT2D eigenvalue weighted by Crippen LogP contribution is -2.46. The van der Waals surface area contributed by atoms with Gasteiger partial charge in [0.15, 0.2) is 11.5 Å². The molecule has 2 atom stereocenters. The number of nitrogens with one attached hydrogen (secondary N) is 1. The van der Waals surface area contributed by atoms with Crippen molar-refractivity contribution < 1.29 is 28.5 Å². The Balaban J connectivity index is 1.40. The van der Waals surface area contributed by atoms with Crippen LogP contribution in [0, 0.1) is 0 Å². The Labute approximate surface area is 236 Å². The van der Waals surface area contributed by atoms with Gasteiger partial charge in [0.25, 0.3) is 0 Å². The minimum Gasteiger partial charge on any atom is -0.494 e. The molecule has 6 rings (SSSR count). The van der Waals surface area contributed by atoms with E-state index >= 15 is 0 Å². The molecule has 1 saturated heterocycles. The van der Waals surface area contributed by atoms with E-state index < -0.39 is 6.04 Å². The molecule has 3 aromatic carbocycles. The first kappa shape index (κ1) is 26.6. The summed E-state index contributed by atoms with van der Waals surface area (Å²) in [7, 11) is 0. The van der Waals surface area contributed by atoms with E-state index in [9.17, 15) is 9.59 Å². The van der Waals surface area contributed by atoms with Gasteiger partial charge in [0.1, 0.15) is 23.9 Å². The van der Waals surface area contributed by atoms with E-state index in [4.69, 9.17) is 18.9 Å². The van der Waals surface area contributed by atoms with Crippen molar-refractivity contribution in [3.63, 3.8) is 0 Å². The molecule has 11 nitrogen and oxygen atoms in total. The quantitative estimate of drug-likeness (QED) is 0.314. The first-order chi connectivity index (χ1) is 20.1. The SMILES string of the molecule is CCOc1ccc([C@H](C(=O)NC[C@H]2CCCO2)N(C(=O)Cn2nnc3ccccc32)c2ccc3c(c2)OCO3)cc1. The van der Waals surface area contributed by atoms with E-state index in [0.29, 0.717) is 59.3 Å². The van der Waals surface area contributed by atoms with Crippen molar-refractivity contribution in [3.05, 3.63) is 72.3 Å². The molecule has 2 aliphatic heterocycles. The van der Waals surface area contributed by atoms with Gasteiger partial charge in [-0.3, -0.25) is 14.5 Å². The van der Waals surface area contributed by atoms with Gasteiger partial charge < -0.3 is 24.3 Å². The third-order valence-corrected chi connectivity index (χ3v) is 7.15. The van der Waals surface area contributed by atoms with Crippen LogP contribution in [0.15, 0.2) is 66.7 Å². The second-order valence-electron chi connectivity index (χ2n) is 9.82. The number of amides is 2. The lowest BCUT2D eigenvalue weighted by molar-refractivity contribution is -0.127. The number of para-hydroxylation sites is 1. The lowest BCUT2D eigenvalue weighted by atomic mass is 10.0. The zero-order chi connectivity index (χ0) is 28.2. The van der Waals surface area contributed by atoms with E-state index in [2.05, 4.69) is 15.6 Å². The molecule has 4 aromatic rings. The second-order valence-corrected chi connectivity index (χ2v) is 9.82. The van der Waals surface area contributed by atoms with Gasteiger partial charge in [0.2, 0.25) is 18.6 Å². The van der Waals surface area contributed by atoms with Gasteiger partial charge in [-0.2, -0.15) is 0 Å². The summed E-state index contributed by atoms with van der Waals surface area (Å²) < 4.78 is 24.0. The zero-order valence-corrected chi connectivity index (χ0v) is 22.7. The number of hydrogen-bond acceptors (Lipinski definition) is 8. The fourth-order valence-electron chi connectivity index (χ4n) is 5.16. The fourth-order valence-corrected chi connectivity index (χ4v) is 5.16. The van der Waals surface area contributed by atoms with E-state index in [1.54, 1.807) is 42.5 Å². The maximum Gasteiger partial charge on any atom is 0.249 e. The third-order valence-electron chi connectivity index (χ3n) is 7.15. The smallest absolute Gasteiger partial charge is 0.249 e. The van der Waals surface area contributed by atoms with Crippen molar-refractivity contribution in [2.24, 2.45) is 0 Å². The number of benzene rings is 3. The highest BCUT2D eigenvalue weighted by atomic mass is 16.7. The van der Waals surface area contributed by atoms with Crippen LogP contribution in [0.4, 0.5) is 5.69 Å². The molecule has 1 fully saturated rings.